The van der Waals surface area contributed by atoms with Gasteiger partial charge in [0.25, 0.3) is 5.91 Å². The Morgan fingerprint density at radius 1 is 1.09 bits per heavy atom. The van der Waals surface area contributed by atoms with E-state index in [0.717, 1.165) is 52.4 Å². The fourth-order valence-electron chi connectivity index (χ4n) is 4.23. The van der Waals surface area contributed by atoms with Gasteiger partial charge in [-0.25, -0.2) is 9.97 Å². The van der Waals surface area contributed by atoms with Crippen LogP contribution in [0.3, 0.4) is 0 Å². The number of amides is 1. The number of phenols is 2. The molecule has 3 aromatic rings. The van der Waals surface area contributed by atoms with Crippen molar-refractivity contribution in [1.29, 1.82) is 0 Å². The second-order valence-electron chi connectivity index (χ2n) is 8.90. The Balaban J connectivity index is 1.77. The molecule has 1 atom stereocenters. The van der Waals surface area contributed by atoms with Crippen LogP contribution in [-0.4, -0.2) is 32.1 Å². The standard InChI is InChI=1S/C26H29N3O3/c1-14(2)25-27-17(5)16(4)24(28-25)19-8-11-22-18(12-19)7-6-15(3)29(22)26(32)21-10-9-20(30)13-23(21)31/h8-15,30-31H,6-7H2,1-5H3. The van der Waals surface area contributed by atoms with Gasteiger partial charge in [-0.2, -0.15) is 0 Å². The molecule has 0 saturated heterocycles. The highest BCUT2D eigenvalue weighted by atomic mass is 16.3. The van der Waals surface area contributed by atoms with Crippen LogP contribution >= 0.6 is 0 Å². The van der Waals surface area contributed by atoms with Crippen molar-refractivity contribution in [3.63, 3.8) is 0 Å². The molecule has 0 saturated carbocycles. The van der Waals surface area contributed by atoms with E-state index in [4.69, 9.17) is 4.98 Å². The molecule has 6 heteroatoms. The lowest BCUT2D eigenvalue weighted by Gasteiger charge is -2.35. The van der Waals surface area contributed by atoms with Gasteiger partial charge >= 0.3 is 0 Å². The SMILES string of the molecule is Cc1nc(C(C)C)nc(-c2ccc3c(c2)CCC(C)N3C(=O)c2ccc(O)cc2O)c1C. The zero-order valence-electron chi connectivity index (χ0n) is 19.2. The van der Waals surface area contributed by atoms with E-state index in [9.17, 15) is 15.0 Å². The van der Waals surface area contributed by atoms with Crippen LogP contribution in [0.4, 0.5) is 5.69 Å². The molecule has 0 fully saturated rings. The second-order valence-corrected chi connectivity index (χ2v) is 8.90. The van der Waals surface area contributed by atoms with Crippen molar-refractivity contribution in [1.82, 2.24) is 9.97 Å². The molecule has 0 spiro atoms. The minimum atomic E-state index is -0.278. The fraction of sp³-hybridized carbons (Fsp3) is 0.346. The number of rotatable bonds is 3. The van der Waals surface area contributed by atoms with Gasteiger partial charge in [-0.15, -0.1) is 0 Å². The van der Waals surface area contributed by atoms with E-state index in [1.165, 1.54) is 18.2 Å². The Bertz CT molecular complexity index is 1200. The first kappa shape index (κ1) is 21.8. The minimum absolute atomic E-state index is 0.00960. The molecule has 2 N–H and O–H groups in total. The summed E-state index contributed by atoms with van der Waals surface area (Å²) in [6.07, 6.45) is 1.68. The van der Waals surface area contributed by atoms with Crippen molar-refractivity contribution in [3.8, 4) is 22.8 Å². The highest BCUT2D eigenvalue weighted by Crippen LogP contribution is 2.37. The Morgan fingerprint density at radius 3 is 2.53 bits per heavy atom. The lowest BCUT2D eigenvalue weighted by Crippen LogP contribution is -2.42. The molecule has 166 valence electrons. The number of carbonyl (C=O) groups is 1. The predicted octanol–water partition coefficient (Wildman–Crippen LogP) is 5.28. The maximum atomic E-state index is 13.3. The maximum Gasteiger partial charge on any atom is 0.262 e. The van der Waals surface area contributed by atoms with E-state index in [2.05, 4.69) is 24.9 Å². The molecule has 6 nitrogen and oxygen atoms in total. The van der Waals surface area contributed by atoms with E-state index in [1.807, 2.05) is 32.9 Å². The molecule has 1 aliphatic rings. The summed E-state index contributed by atoms with van der Waals surface area (Å²) in [5, 5.41) is 19.8. The first-order valence-corrected chi connectivity index (χ1v) is 11.0. The number of aromatic nitrogens is 2. The molecule has 1 unspecified atom stereocenters. The van der Waals surface area contributed by atoms with Gasteiger partial charge in [0.15, 0.2) is 0 Å². The van der Waals surface area contributed by atoms with E-state index in [-0.39, 0.29) is 34.9 Å². The number of anilines is 1. The number of aromatic hydroxyl groups is 2. The van der Waals surface area contributed by atoms with Gasteiger partial charge in [-0.05, 0) is 69.0 Å². The van der Waals surface area contributed by atoms with Crippen LogP contribution in [0, 0.1) is 13.8 Å². The molecule has 4 rings (SSSR count). The van der Waals surface area contributed by atoms with Gasteiger partial charge in [0.1, 0.15) is 17.3 Å². The van der Waals surface area contributed by atoms with E-state index >= 15 is 0 Å². The van der Waals surface area contributed by atoms with Crippen LogP contribution in [0.15, 0.2) is 36.4 Å². The second kappa shape index (κ2) is 8.26. The average Bonchev–Trinajstić information content (AvgIpc) is 2.74. The third kappa shape index (κ3) is 3.81. The summed E-state index contributed by atoms with van der Waals surface area (Å²) in [5.74, 6) is 0.484. The molecule has 0 aliphatic carbocycles. The van der Waals surface area contributed by atoms with Gasteiger partial charge in [-0.3, -0.25) is 4.79 Å². The van der Waals surface area contributed by atoms with Gasteiger partial charge in [-0.1, -0.05) is 19.9 Å². The molecule has 0 radical (unpaired) electrons. The normalized spacial score (nSPS) is 15.7. The van der Waals surface area contributed by atoms with Crippen molar-refractivity contribution < 1.29 is 15.0 Å². The van der Waals surface area contributed by atoms with Gasteiger partial charge in [0.05, 0.1) is 11.3 Å². The zero-order valence-corrected chi connectivity index (χ0v) is 19.2. The Hall–Kier alpha value is -3.41. The third-order valence-corrected chi connectivity index (χ3v) is 6.24. The van der Waals surface area contributed by atoms with Crippen LogP contribution < -0.4 is 4.90 Å². The van der Waals surface area contributed by atoms with Crippen LogP contribution in [-0.2, 0) is 6.42 Å². The van der Waals surface area contributed by atoms with Crippen molar-refractivity contribution in [2.75, 3.05) is 4.90 Å². The van der Waals surface area contributed by atoms with Crippen LogP contribution in [0.2, 0.25) is 0 Å². The largest absolute Gasteiger partial charge is 0.508 e. The Labute approximate surface area is 188 Å². The van der Waals surface area contributed by atoms with Crippen molar-refractivity contribution in [3.05, 3.63) is 64.6 Å². The smallest absolute Gasteiger partial charge is 0.262 e. The maximum absolute atomic E-state index is 13.3. The fourth-order valence-corrected chi connectivity index (χ4v) is 4.23. The predicted molar refractivity (Wildman–Crippen MR) is 125 cm³/mol. The monoisotopic (exact) mass is 431 g/mol. The summed E-state index contributed by atoms with van der Waals surface area (Å²) in [6, 6.07) is 10.2. The molecular weight excluding hydrogens is 402 g/mol. The highest BCUT2D eigenvalue weighted by Gasteiger charge is 2.31. The number of benzene rings is 2. The zero-order chi connectivity index (χ0) is 23.2. The molecule has 32 heavy (non-hydrogen) atoms. The Kier molecular flexibility index (Phi) is 5.63. The number of carbonyl (C=O) groups excluding carboxylic acids is 1. The highest BCUT2D eigenvalue weighted by molar-refractivity contribution is 6.09. The minimum Gasteiger partial charge on any atom is -0.508 e. The number of hydrogen-bond donors (Lipinski definition) is 2. The number of aryl methyl sites for hydroxylation is 2. The number of fused-ring (bicyclic) bond motifs is 1. The van der Waals surface area contributed by atoms with Crippen LogP contribution in [0.1, 0.15) is 66.1 Å². The van der Waals surface area contributed by atoms with Crippen molar-refractivity contribution >= 4 is 11.6 Å². The summed E-state index contributed by atoms with van der Waals surface area (Å²) in [5.41, 5.74) is 6.08. The summed E-state index contributed by atoms with van der Waals surface area (Å²) >= 11 is 0. The third-order valence-electron chi connectivity index (χ3n) is 6.24. The molecular formula is C26H29N3O3. The van der Waals surface area contributed by atoms with Gasteiger partial charge in [0, 0.05) is 35.0 Å². The van der Waals surface area contributed by atoms with Crippen molar-refractivity contribution in [2.24, 2.45) is 0 Å². The lowest BCUT2D eigenvalue weighted by molar-refractivity contribution is 0.0972. The average molecular weight is 432 g/mol. The van der Waals surface area contributed by atoms with Gasteiger partial charge < -0.3 is 15.1 Å². The first-order chi connectivity index (χ1) is 15.2. The van der Waals surface area contributed by atoms with E-state index in [1.54, 1.807) is 4.90 Å². The Morgan fingerprint density at radius 2 is 1.84 bits per heavy atom. The summed E-state index contributed by atoms with van der Waals surface area (Å²) in [7, 11) is 0. The summed E-state index contributed by atoms with van der Waals surface area (Å²) in [4.78, 5) is 24.6. The molecule has 1 aliphatic heterocycles. The first-order valence-electron chi connectivity index (χ1n) is 11.0. The molecule has 0 bridgehead atoms. The van der Waals surface area contributed by atoms with Crippen molar-refractivity contribution in [2.45, 2.75) is 59.4 Å². The quantitative estimate of drug-likeness (QED) is 0.589. The van der Waals surface area contributed by atoms with E-state index < -0.39 is 0 Å². The number of phenolic OH excluding ortho intramolecular Hbond substituents is 2. The van der Waals surface area contributed by atoms with E-state index in [0.29, 0.717) is 0 Å². The van der Waals surface area contributed by atoms with Gasteiger partial charge in [0.2, 0.25) is 0 Å². The van der Waals surface area contributed by atoms with Crippen LogP contribution in [0.5, 0.6) is 11.5 Å². The summed E-state index contributed by atoms with van der Waals surface area (Å²) < 4.78 is 0. The van der Waals surface area contributed by atoms with Crippen LogP contribution in [0.25, 0.3) is 11.3 Å². The lowest BCUT2D eigenvalue weighted by atomic mass is 9.92. The molecule has 2 aromatic carbocycles. The topological polar surface area (TPSA) is 86.6 Å². The molecule has 1 aromatic heterocycles. The molecule has 2 heterocycles. The number of nitrogens with zero attached hydrogens (tertiary/aromatic N) is 3. The number of hydrogen-bond acceptors (Lipinski definition) is 5. The summed E-state index contributed by atoms with van der Waals surface area (Å²) in [6.45, 7) is 10.2. The molecule has 1 amide bonds.